The molecule has 0 bridgehead atoms. The van der Waals surface area contributed by atoms with E-state index < -0.39 is 5.97 Å². The highest BCUT2D eigenvalue weighted by Gasteiger charge is 2.19. The molecular weight excluding hydrogens is 232 g/mol. The molecule has 2 aromatic rings. The lowest BCUT2D eigenvalue weighted by Gasteiger charge is -2.01. The zero-order valence-corrected chi connectivity index (χ0v) is 10.3. The summed E-state index contributed by atoms with van der Waals surface area (Å²) in [4.78, 5) is 19.5. The van der Waals surface area contributed by atoms with Gasteiger partial charge in [-0.15, -0.1) is 0 Å². The molecule has 0 fully saturated rings. The normalized spacial score (nSPS) is 10.6. The Morgan fingerprint density at radius 3 is 2.67 bits per heavy atom. The third-order valence-electron chi connectivity index (χ3n) is 2.55. The first kappa shape index (κ1) is 12.2. The Labute approximate surface area is 104 Å². The molecule has 0 amide bonds. The molecule has 1 N–H and O–H groups in total. The third kappa shape index (κ3) is 2.22. The molecule has 0 aliphatic rings. The predicted molar refractivity (Wildman–Crippen MR) is 65.2 cm³/mol. The van der Waals surface area contributed by atoms with Crippen LogP contribution in [0, 0.1) is 6.92 Å². The van der Waals surface area contributed by atoms with E-state index in [1.54, 1.807) is 17.8 Å². The lowest BCUT2D eigenvalue weighted by molar-refractivity contribution is 0.0697. The van der Waals surface area contributed by atoms with E-state index in [0.29, 0.717) is 23.6 Å². The van der Waals surface area contributed by atoms with E-state index in [4.69, 9.17) is 0 Å². The van der Waals surface area contributed by atoms with E-state index in [0.717, 1.165) is 6.42 Å². The van der Waals surface area contributed by atoms with Crippen molar-refractivity contribution in [1.29, 1.82) is 0 Å². The first-order chi connectivity index (χ1) is 8.63. The first-order valence-electron chi connectivity index (χ1n) is 5.72. The number of rotatable bonds is 4. The molecule has 0 aromatic carbocycles. The largest absolute Gasteiger partial charge is 0.478 e. The van der Waals surface area contributed by atoms with Crippen LogP contribution in [0.1, 0.15) is 29.4 Å². The molecule has 0 aliphatic carbocycles. The van der Waals surface area contributed by atoms with Gasteiger partial charge in [-0.25, -0.2) is 4.79 Å². The zero-order valence-electron chi connectivity index (χ0n) is 10.3. The quantitative estimate of drug-likeness (QED) is 0.888. The number of carboxylic acid groups (broad SMARTS) is 1. The van der Waals surface area contributed by atoms with Gasteiger partial charge in [0.2, 0.25) is 0 Å². The smallest absolute Gasteiger partial charge is 0.339 e. The van der Waals surface area contributed by atoms with Crippen LogP contribution in [0.2, 0.25) is 0 Å². The molecule has 0 saturated heterocycles. The number of hydrogen-bond donors (Lipinski definition) is 1. The average Bonchev–Trinajstić information content (AvgIpc) is 2.74. The Bertz CT molecular complexity index is 577. The second kappa shape index (κ2) is 4.95. The summed E-state index contributed by atoms with van der Waals surface area (Å²) in [6.07, 6.45) is 5.53. The van der Waals surface area contributed by atoms with Crippen molar-refractivity contribution >= 4 is 5.97 Å². The maximum Gasteiger partial charge on any atom is 0.339 e. The minimum Gasteiger partial charge on any atom is -0.478 e. The van der Waals surface area contributed by atoms with Gasteiger partial charge in [0.05, 0.1) is 5.69 Å². The summed E-state index contributed by atoms with van der Waals surface area (Å²) < 4.78 is 1.63. The van der Waals surface area contributed by atoms with Crippen molar-refractivity contribution in [3.05, 3.63) is 29.8 Å². The Hall–Kier alpha value is -2.24. The number of carboxylic acids is 1. The lowest BCUT2D eigenvalue weighted by atomic mass is 10.1. The molecule has 0 spiro atoms. The van der Waals surface area contributed by atoms with Crippen LogP contribution in [0.25, 0.3) is 11.4 Å². The van der Waals surface area contributed by atoms with E-state index in [-0.39, 0.29) is 5.56 Å². The van der Waals surface area contributed by atoms with Crippen LogP contribution in [0.3, 0.4) is 0 Å². The van der Waals surface area contributed by atoms with Gasteiger partial charge in [-0.3, -0.25) is 14.6 Å². The van der Waals surface area contributed by atoms with Crippen LogP contribution in [0.4, 0.5) is 0 Å². The fourth-order valence-corrected chi connectivity index (χ4v) is 1.74. The van der Waals surface area contributed by atoms with E-state index in [1.165, 1.54) is 12.4 Å². The summed E-state index contributed by atoms with van der Waals surface area (Å²) in [5.41, 5.74) is 1.72. The molecule has 6 heteroatoms. The van der Waals surface area contributed by atoms with Gasteiger partial charge in [0.15, 0.2) is 0 Å². The minimum atomic E-state index is -1.00. The maximum atomic E-state index is 11.2. The summed E-state index contributed by atoms with van der Waals surface area (Å²) >= 11 is 0. The van der Waals surface area contributed by atoms with Gasteiger partial charge in [0.25, 0.3) is 0 Å². The molecule has 0 saturated carbocycles. The Morgan fingerprint density at radius 2 is 2.06 bits per heavy atom. The van der Waals surface area contributed by atoms with E-state index >= 15 is 0 Å². The van der Waals surface area contributed by atoms with Gasteiger partial charge in [-0.05, 0) is 13.3 Å². The Morgan fingerprint density at radius 1 is 1.33 bits per heavy atom. The minimum absolute atomic E-state index is 0.159. The number of nitrogens with zero attached hydrogens (tertiary/aromatic N) is 4. The summed E-state index contributed by atoms with van der Waals surface area (Å²) in [5.74, 6) is -1.00. The monoisotopic (exact) mass is 246 g/mol. The maximum absolute atomic E-state index is 11.2. The molecular formula is C12H14N4O2. The first-order valence-corrected chi connectivity index (χ1v) is 5.72. The van der Waals surface area contributed by atoms with Crippen molar-refractivity contribution in [3.63, 3.8) is 0 Å². The number of carbonyl (C=O) groups is 1. The van der Waals surface area contributed by atoms with Crippen LogP contribution >= 0.6 is 0 Å². The van der Waals surface area contributed by atoms with Crippen molar-refractivity contribution in [2.45, 2.75) is 26.8 Å². The van der Waals surface area contributed by atoms with E-state index in [1.807, 2.05) is 6.92 Å². The van der Waals surface area contributed by atoms with E-state index in [9.17, 15) is 9.90 Å². The predicted octanol–water partition coefficient (Wildman–Crippen LogP) is 1.76. The second-order valence-electron chi connectivity index (χ2n) is 3.95. The van der Waals surface area contributed by atoms with Crippen LogP contribution in [0.15, 0.2) is 18.6 Å². The van der Waals surface area contributed by atoms with Crippen molar-refractivity contribution in [3.8, 4) is 11.4 Å². The summed E-state index contributed by atoms with van der Waals surface area (Å²) in [7, 11) is 0. The highest BCUT2D eigenvalue weighted by molar-refractivity contribution is 5.94. The Kier molecular flexibility index (Phi) is 3.36. The highest BCUT2D eigenvalue weighted by atomic mass is 16.4. The molecule has 0 unspecified atom stereocenters. The van der Waals surface area contributed by atoms with Crippen molar-refractivity contribution < 1.29 is 9.90 Å². The molecule has 0 atom stereocenters. The van der Waals surface area contributed by atoms with Gasteiger partial charge >= 0.3 is 5.97 Å². The lowest BCUT2D eigenvalue weighted by Crippen LogP contribution is -2.00. The van der Waals surface area contributed by atoms with E-state index in [2.05, 4.69) is 15.1 Å². The topological polar surface area (TPSA) is 80.9 Å². The number of aromatic nitrogens is 4. The highest BCUT2D eigenvalue weighted by Crippen LogP contribution is 2.22. The molecule has 2 aromatic heterocycles. The zero-order chi connectivity index (χ0) is 13.1. The number of hydrogen-bond acceptors (Lipinski definition) is 4. The standard InChI is InChI=1S/C12H14N4O2/c1-3-6-16-7-9(12(17)18)11(15-16)10-8(2)13-4-5-14-10/h4-5,7H,3,6H2,1-2H3,(H,17,18). The molecule has 2 rings (SSSR count). The van der Waals surface area contributed by atoms with Gasteiger partial charge in [-0.1, -0.05) is 6.92 Å². The average molecular weight is 246 g/mol. The number of aromatic carboxylic acids is 1. The number of aryl methyl sites for hydroxylation is 2. The summed E-state index contributed by atoms with van der Waals surface area (Å²) in [6, 6.07) is 0. The van der Waals surface area contributed by atoms with Gasteiger partial charge in [0.1, 0.15) is 17.0 Å². The second-order valence-corrected chi connectivity index (χ2v) is 3.95. The van der Waals surface area contributed by atoms with Crippen LogP contribution in [-0.4, -0.2) is 30.8 Å². The molecule has 0 aliphatic heterocycles. The Balaban J connectivity index is 2.55. The molecule has 0 radical (unpaired) electrons. The molecule has 6 nitrogen and oxygen atoms in total. The van der Waals surface area contributed by atoms with Crippen molar-refractivity contribution in [2.24, 2.45) is 0 Å². The fraction of sp³-hybridized carbons (Fsp3) is 0.333. The van der Waals surface area contributed by atoms with Crippen LogP contribution < -0.4 is 0 Å². The summed E-state index contributed by atoms with van der Waals surface area (Å²) in [5, 5.41) is 13.5. The van der Waals surface area contributed by atoms with Crippen LogP contribution in [-0.2, 0) is 6.54 Å². The molecule has 94 valence electrons. The summed E-state index contributed by atoms with van der Waals surface area (Å²) in [6.45, 7) is 4.47. The molecule has 2 heterocycles. The van der Waals surface area contributed by atoms with Gasteiger partial charge in [0, 0.05) is 25.1 Å². The van der Waals surface area contributed by atoms with Gasteiger partial charge < -0.3 is 5.11 Å². The third-order valence-corrected chi connectivity index (χ3v) is 2.55. The van der Waals surface area contributed by atoms with Crippen molar-refractivity contribution in [1.82, 2.24) is 19.7 Å². The SMILES string of the molecule is CCCn1cc(C(=O)O)c(-c2nccnc2C)n1. The fourth-order valence-electron chi connectivity index (χ4n) is 1.74. The van der Waals surface area contributed by atoms with Crippen molar-refractivity contribution in [2.75, 3.05) is 0 Å². The molecule has 18 heavy (non-hydrogen) atoms. The van der Waals surface area contributed by atoms with Crippen LogP contribution in [0.5, 0.6) is 0 Å². The van der Waals surface area contributed by atoms with Gasteiger partial charge in [-0.2, -0.15) is 5.10 Å².